The lowest BCUT2D eigenvalue weighted by Crippen LogP contribution is -2.46. The maximum atomic E-state index is 11.6. The van der Waals surface area contributed by atoms with Crippen molar-refractivity contribution in [2.45, 2.75) is 43.9 Å². The molecule has 0 aromatic rings. The highest BCUT2D eigenvalue weighted by Crippen LogP contribution is 2.19. The molecule has 0 saturated carbocycles. The van der Waals surface area contributed by atoms with Crippen molar-refractivity contribution in [2.75, 3.05) is 19.8 Å². The van der Waals surface area contributed by atoms with Crippen LogP contribution in [0, 0.1) is 0 Å². The van der Waals surface area contributed by atoms with E-state index in [2.05, 4.69) is 10.6 Å². The lowest BCUT2D eigenvalue weighted by Gasteiger charge is -2.23. The Labute approximate surface area is 111 Å². The molecule has 2 saturated heterocycles. The van der Waals surface area contributed by atoms with Gasteiger partial charge in [-0.3, -0.25) is 0 Å². The molecule has 2 aliphatic rings. The average molecular weight is 272 g/mol. The van der Waals surface area contributed by atoms with Crippen LogP contribution in [0.5, 0.6) is 0 Å². The van der Waals surface area contributed by atoms with Gasteiger partial charge in [0.2, 0.25) is 0 Å². The standard InChI is InChI=1S/C12H20N2O5/c15-11(16)10-2-1-9(19-10)7-13-12(17)14-8-3-5-18-6-4-8/h8-10H,1-7H2,(H,15,16)(H2,13,14,17). The fraction of sp³-hybridized carbons (Fsp3) is 0.833. The van der Waals surface area contributed by atoms with Crippen LogP contribution in [0.3, 0.4) is 0 Å². The van der Waals surface area contributed by atoms with Gasteiger partial charge in [-0.1, -0.05) is 0 Å². The van der Waals surface area contributed by atoms with E-state index in [1.807, 2.05) is 0 Å². The molecule has 108 valence electrons. The molecule has 0 aliphatic carbocycles. The monoisotopic (exact) mass is 272 g/mol. The number of ether oxygens (including phenoxy) is 2. The highest BCUT2D eigenvalue weighted by atomic mass is 16.5. The predicted octanol–water partition coefficient (Wildman–Crippen LogP) is 0.0968. The van der Waals surface area contributed by atoms with Crippen LogP contribution in [0.25, 0.3) is 0 Å². The summed E-state index contributed by atoms with van der Waals surface area (Å²) in [4.78, 5) is 22.4. The molecule has 2 atom stereocenters. The molecule has 2 unspecified atom stereocenters. The quantitative estimate of drug-likeness (QED) is 0.674. The number of hydrogen-bond donors (Lipinski definition) is 3. The molecular formula is C12H20N2O5. The second-order valence-electron chi connectivity index (χ2n) is 4.90. The molecule has 0 aromatic carbocycles. The topological polar surface area (TPSA) is 96.9 Å². The maximum absolute atomic E-state index is 11.6. The number of nitrogens with one attached hydrogen (secondary N) is 2. The second kappa shape index (κ2) is 6.72. The van der Waals surface area contributed by atoms with Crippen molar-refractivity contribution in [3.8, 4) is 0 Å². The molecule has 0 radical (unpaired) electrons. The fourth-order valence-electron chi connectivity index (χ4n) is 2.32. The van der Waals surface area contributed by atoms with E-state index >= 15 is 0 Å². The van der Waals surface area contributed by atoms with E-state index in [4.69, 9.17) is 14.6 Å². The zero-order valence-corrected chi connectivity index (χ0v) is 10.8. The molecule has 2 amide bonds. The molecule has 0 spiro atoms. The van der Waals surface area contributed by atoms with E-state index in [1.54, 1.807) is 0 Å². The van der Waals surface area contributed by atoms with Crippen LogP contribution in [-0.2, 0) is 14.3 Å². The summed E-state index contributed by atoms with van der Waals surface area (Å²) >= 11 is 0. The molecule has 0 bridgehead atoms. The van der Waals surface area contributed by atoms with E-state index in [0.29, 0.717) is 32.6 Å². The summed E-state index contributed by atoms with van der Waals surface area (Å²) in [5.74, 6) is -0.936. The Hall–Kier alpha value is -1.34. The van der Waals surface area contributed by atoms with Crippen molar-refractivity contribution in [3.05, 3.63) is 0 Å². The summed E-state index contributed by atoms with van der Waals surface area (Å²) in [6, 6.07) is -0.0701. The van der Waals surface area contributed by atoms with Crippen LogP contribution in [0.15, 0.2) is 0 Å². The number of amides is 2. The van der Waals surface area contributed by atoms with Crippen LogP contribution in [0.1, 0.15) is 25.7 Å². The molecule has 0 aromatic heterocycles. The average Bonchev–Trinajstić information content (AvgIpc) is 2.86. The van der Waals surface area contributed by atoms with E-state index in [-0.39, 0.29) is 18.2 Å². The van der Waals surface area contributed by atoms with Crippen molar-refractivity contribution in [1.29, 1.82) is 0 Å². The van der Waals surface area contributed by atoms with Crippen LogP contribution in [0.2, 0.25) is 0 Å². The molecule has 2 rings (SSSR count). The maximum Gasteiger partial charge on any atom is 0.332 e. The SMILES string of the molecule is O=C(NCC1CCC(C(=O)O)O1)NC1CCOCC1. The largest absolute Gasteiger partial charge is 0.479 e. The minimum Gasteiger partial charge on any atom is -0.479 e. The Bertz CT molecular complexity index is 330. The number of rotatable bonds is 4. The van der Waals surface area contributed by atoms with Gasteiger partial charge in [-0.25, -0.2) is 9.59 Å². The van der Waals surface area contributed by atoms with Crippen molar-refractivity contribution in [2.24, 2.45) is 0 Å². The van der Waals surface area contributed by atoms with E-state index in [9.17, 15) is 9.59 Å². The minimum absolute atomic E-state index is 0.157. The second-order valence-corrected chi connectivity index (χ2v) is 4.90. The molecule has 19 heavy (non-hydrogen) atoms. The molecule has 3 N–H and O–H groups in total. The van der Waals surface area contributed by atoms with Crippen LogP contribution < -0.4 is 10.6 Å². The summed E-state index contributed by atoms with van der Waals surface area (Å²) in [5.41, 5.74) is 0. The molecule has 2 heterocycles. The molecule has 7 nitrogen and oxygen atoms in total. The third-order valence-corrected chi connectivity index (χ3v) is 3.43. The predicted molar refractivity (Wildman–Crippen MR) is 65.9 cm³/mol. The highest BCUT2D eigenvalue weighted by Gasteiger charge is 2.30. The first kappa shape index (κ1) is 14.1. The summed E-state index contributed by atoms with van der Waals surface area (Å²) in [6.07, 6.45) is 1.88. The van der Waals surface area contributed by atoms with E-state index in [1.165, 1.54) is 0 Å². The van der Waals surface area contributed by atoms with Gasteiger partial charge in [0.25, 0.3) is 0 Å². The number of carboxylic acids is 1. The third-order valence-electron chi connectivity index (χ3n) is 3.43. The smallest absolute Gasteiger partial charge is 0.332 e. The van der Waals surface area contributed by atoms with Gasteiger partial charge in [0.1, 0.15) is 0 Å². The lowest BCUT2D eigenvalue weighted by molar-refractivity contribution is -0.149. The Morgan fingerprint density at radius 1 is 1.16 bits per heavy atom. The fourth-order valence-corrected chi connectivity index (χ4v) is 2.32. The van der Waals surface area contributed by atoms with Crippen LogP contribution >= 0.6 is 0 Å². The minimum atomic E-state index is -0.936. The first-order chi connectivity index (χ1) is 9.15. The molecule has 2 fully saturated rings. The number of carbonyl (C=O) groups is 2. The molecule has 2 aliphatic heterocycles. The summed E-state index contributed by atoms with van der Waals surface area (Å²) in [7, 11) is 0. The van der Waals surface area contributed by atoms with E-state index in [0.717, 1.165) is 12.8 Å². The zero-order chi connectivity index (χ0) is 13.7. The first-order valence-corrected chi connectivity index (χ1v) is 6.65. The Balaban J connectivity index is 1.62. The number of carboxylic acid groups (broad SMARTS) is 1. The normalized spacial score (nSPS) is 28.0. The Morgan fingerprint density at radius 2 is 1.89 bits per heavy atom. The Morgan fingerprint density at radius 3 is 2.53 bits per heavy atom. The number of aliphatic carboxylic acids is 1. The summed E-state index contributed by atoms with van der Waals surface area (Å²) in [5, 5.41) is 14.4. The van der Waals surface area contributed by atoms with Gasteiger partial charge in [0, 0.05) is 25.8 Å². The van der Waals surface area contributed by atoms with Gasteiger partial charge in [0.15, 0.2) is 6.10 Å². The van der Waals surface area contributed by atoms with Crippen molar-refractivity contribution in [1.82, 2.24) is 10.6 Å². The number of urea groups is 1. The summed E-state index contributed by atoms with van der Waals surface area (Å²) < 4.78 is 10.5. The number of carbonyl (C=O) groups excluding carboxylic acids is 1. The zero-order valence-electron chi connectivity index (χ0n) is 10.8. The first-order valence-electron chi connectivity index (χ1n) is 6.65. The van der Waals surface area contributed by atoms with Crippen molar-refractivity contribution < 1.29 is 24.2 Å². The van der Waals surface area contributed by atoms with Gasteiger partial charge in [-0.05, 0) is 25.7 Å². The lowest BCUT2D eigenvalue weighted by atomic mass is 10.1. The van der Waals surface area contributed by atoms with Gasteiger partial charge in [-0.15, -0.1) is 0 Å². The summed E-state index contributed by atoms with van der Waals surface area (Å²) in [6.45, 7) is 1.70. The Kier molecular flexibility index (Phi) is 4.98. The van der Waals surface area contributed by atoms with Crippen molar-refractivity contribution >= 4 is 12.0 Å². The van der Waals surface area contributed by atoms with Gasteiger partial charge in [-0.2, -0.15) is 0 Å². The van der Waals surface area contributed by atoms with Gasteiger partial charge < -0.3 is 25.2 Å². The van der Waals surface area contributed by atoms with Gasteiger partial charge in [0.05, 0.1) is 6.10 Å². The van der Waals surface area contributed by atoms with E-state index < -0.39 is 12.1 Å². The molecular weight excluding hydrogens is 252 g/mol. The van der Waals surface area contributed by atoms with Gasteiger partial charge >= 0.3 is 12.0 Å². The number of hydrogen-bond acceptors (Lipinski definition) is 4. The third kappa shape index (κ3) is 4.36. The van der Waals surface area contributed by atoms with Crippen LogP contribution in [-0.4, -0.2) is 55.1 Å². The molecule has 7 heteroatoms. The van der Waals surface area contributed by atoms with Crippen molar-refractivity contribution in [3.63, 3.8) is 0 Å². The van der Waals surface area contributed by atoms with Crippen LogP contribution in [0.4, 0.5) is 4.79 Å². The highest BCUT2D eigenvalue weighted by molar-refractivity contribution is 5.74.